The van der Waals surface area contributed by atoms with Crippen LogP contribution in [0.4, 0.5) is 0 Å². The van der Waals surface area contributed by atoms with E-state index in [2.05, 4.69) is 10.1 Å². The highest BCUT2D eigenvalue weighted by Gasteiger charge is 2.34. The van der Waals surface area contributed by atoms with Crippen LogP contribution < -0.4 is 0 Å². The molecule has 0 saturated carbocycles. The summed E-state index contributed by atoms with van der Waals surface area (Å²) in [7, 11) is 0. The molecule has 1 amide bonds. The number of carbonyl (C=O) groups is 1. The van der Waals surface area contributed by atoms with Gasteiger partial charge in [0.05, 0.1) is 18.9 Å². The molecule has 0 N–H and O–H groups in total. The molecule has 1 fully saturated rings. The van der Waals surface area contributed by atoms with Crippen LogP contribution >= 0.6 is 11.3 Å². The number of hydrogen-bond acceptors (Lipinski definition) is 6. The van der Waals surface area contributed by atoms with Crippen molar-refractivity contribution in [2.45, 2.75) is 33.2 Å². The molecular formula is C15H19N3O3S. The normalized spacial score (nSPS) is 18.7. The van der Waals surface area contributed by atoms with E-state index in [9.17, 15) is 4.79 Å². The quantitative estimate of drug-likeness (QED) is 0.869. The lowest BCUT2D eigenvalue weighted by atomic mass is 10.1. The lowest BCUT2D eigenvalue weighted by Gasteiger charge is -2.34. The molecule has 1 aliphatic heterocycles. The summed E-state index contributed by atoms with van der Waals surface area (Å²) in [6.45, 7) is 7.27. The first-order chi connectivity index (χ1) is 10.6. The van der Waals surface area contributed by atoms with Crippen molar-refractivity contribution in [3.8, 4) is 0 Å². The van der Waals surface area contributed by atoms with Crippen molar-refractivity contribution < 1.29 is 14.1 Å². The van der Waals surface area contributed by atoms with E-state index in [4.69, 9.17) is 9.26 Å². The van der Waals surface area contributed by atoms with E-state index in [0.29, 0.717) is 43.2 Å². The molecule has 3 rings (SSSR count). The summed E-state index contributed by atoms with van der Waals surface area (Å²) in [5.41, 5.74) is 2.26. The first-order valence-electron chi connectivity index (χ1n) is 7.37. The second-order valence-corrected chi connectivity index (χ2v) is 6.22. The van der Waals surface area contributed by atoms with Crippen LogP contribution in [-0.4, -0.2) is 40.7 Å². The molecule has 0 radical (unpaired) electrons. The van der Waals surface area contributed by atoms with Gasteiger partial charge in [-0.25, -0.2) is 4.98 Å². The molecule has 1 aliphatic rings. The van der Waals surface area contributed by atoms with Gasteiger partial charge in [0.25, 0.3) is 5.91 Å². The van der Waals surface area contributed by atoms with Gasteiger partial charge in [-0.2, -0.15) is 0 Å². The van der Waals surface area contributed by atoms with Crippen molar-refractivity contribution in [1.82, 2.24) is 15.0 Å². The predicted octanol–water partition coefficient (Wildman–Crippen LogP) is 2.52. The average Bonchev–Trinajstić information content (AvgIpc) is 3.12. The predicted molar refractivity (Wildman–Crippen MR) is 82.1 cm³/mol. The number of thiazole rings is 1. The largest absolute Gasteiger partial charge is 0.377 e. The van der Waals surface area contributed by atoms with Gasteiger partial charge in [0.2, 0.25) is 0 Å². The van der Waals surface area contributed by atoms with Gasteiger partial charge in [0.1, 0.15) is 22.4 Å². The number of aryl methyl sites for hydroxylation is 3. The summed E-state index contributed by atoms with van der Waals surface area (Å²) in [4.78, 5) is 19.4. The second kappa shape index (κ2) is 6.18. The summed E-state index contributed by atoms with van der Waals surface area (Å²) < 4.78 is 10.8. The molecule has 118 valence electrons. The number of hydrogen-bond donors (Lipinski definition) is 0. The monoisotopic (exact) mass is 321 g/mol. The molecule has 1 atom stereocenters. The Balaban J connectivity index is 1.93. The van der Waals surface area contributed by atoms with Gasteiger partial charge in [-0.05, 0) is 20.3 Å². The zero-order valence-corrected chi connectivity index (χ0v) is 13.8. The van der Waals surface area contributed by atoms with Gasteiger partial charge in [-0.15, -0.1) is 11.3 Å². The molecule has 0 spiro atoms. The second-order valence-electron chi connectivity index (χ2n) is 5.33. The first-order valence-corrected chi connectivity index (χ1v) is 8.25. The zero-order valence-electron chi connectivity index (χ0n) is 13.0. The third-order valence-electron chi connectivity index (χ3n) is 3.79. The lowest BCUT2D eigenvalue weighted by Crippen LogP contribution is -2.43. The van der Waals surface area contributed by atoms with E-state index in [1.54, 1.807) is 18.3 Å². The van der Waals surface area contributed by atoms with Crippen molar-refractivity contribution >= 4 is 17.2 Å². The van der Waals surface area contributed by atoms with Crippen molar-refractivity contribution in [3.05, 3.63) is 33.1 Å². The topological polar surface area (TPSA) is 68.5 Å². The van der Waals surface area contributed by atoms with Crippen molar-refractivity contribution in [1.29, 1.82) is 0 Å². The summed E-state index contributed by atoms with van der Waals surface area (Å²) in [6, 6.07) is -0.140. The van der Waals surface area contributed by atoms with Gasteiger partial charge in [-0.1, -0.05) is 12.1 Å². The Kier molecular flexibility index (Phi) is 4.26. The van der Waals surface area contributed by atoms with Crippen LogP contribution in [0, 0.1) is 13.8 Å². The number of nitrogens with zero attached hydrogens (tertiary/aromatic N) is 3. The van der Waals surface area contributed by atoms with Crippen LogP contribution in [0.15, 0.2) is 9.90 Å². The van der Waals surface area contributed by atoms with Crippen LogP contribution in [0.5, 0.6) is 0 Å². The first kappa shape index (κ1) is 15.2. The Labute approximate surface area is 133 Å². The van der Waals surface area contributed by atoms with Gasteiger partial charge in [-0.3, -0.25) is 4.79 Å². The number of aromatic nitrogens is 2. The Morgan fingerprint density at radius 1 is 1.50 bits per heavy atom. The van der Waals surface area contributed by atoms with Crippen LogP contribution in [0.1, 0.15) is 45.5 Å². The maximum atomic E-state index is 13.0. The Morgan fingerprint density at radius 3 is 3.00 bits per heavy atom. The van der Waals surface area contributed by atoms with E-state index in [1.807, 2.05) is 24.1 Å². The molecule has 22 heavy (non-hydrogen) atoms. The van der Waals surface area contributed by atoms with Crippen molar-refractivity contribution in [2.24, 2.45) is 0 Å². The van der Waals surface area contributed by atoms with E-state index in [1.165, 1.54) is 0 Å². The van der Waals surface area contributed by atoms with Crippen LogP contribution in [0.2, 0.25) is 0 Å². The fourth-order valence-electron chi connectivity index (χ4n) is 2.65. The van der Waals surface area contributed by atoms with Gasteiger partial charge < -0.3 is 14.2 Å². The highest BCUT2D eigenvalue weighted by atomic mass is 32.1. The minimum atomic E-state index is -0.140. The molecule has 0 aromatic carbocycles. The van der Waals surface area contributed by atoms with Crippen molar-refractivity contribution in [3.63, 3.8) is 0 Å². The molecule has 0 bridgehead atoms. The number of ether oxygens (including phenoxy) is 1. The summed E-state index contributed by atoms with van der Waals surface area (Å²) in [5, 5.41) is 6.89. The third kappa shape index (κ3) is 2.66. The van der Waals surface area contributed by atoms with Gasteiger partial charge in [0, 0.05) is 17.6 Å². The minimum Gasteiger partial charge on any atom is -0.377 e. The summed E-state index contributed by atoms with van der Waals surface area (Å²) in [5.74, 6) is 0.527. The standard InChI is InChI=1S/C15H19N3O3S/c1-4-11-13(10(3)21-17-11)15(19)18-5-6-20-7-12(18)14-16-9(2)8-22-14/h8,12H,4-7H2,1-3H3. The van der Waals surface area contributed by atoms with Gasteiger partial charge in [0.15, 0.2) is 0 Å². The maximum Gasteiger partial charge on any atom is 0.260 e. The van der Waals surface area contributed by atoms with E-state index in [-0.39, 0.29) is 11.9 Å². The molecule has 6 nitrogen and oxygen atoms in total. The number of rotatable bonds is 3. The fraction of sp³-hybridized carbons (Fsp3) is 0.533. The van der Waals surface area contributed by atoms with Crippen LogP contribution in [-0.2, 0) is 11.2 Å². The van der Waals surface area contributed by atoms with E-state index in [0.717, 1.165) is 10.7 Å². The fourth-order valence-corrected chi connectivity index (χ4v) is 3.55. The zero-order chi connectivity index (χ0) is 15.7. The van der Waals surface area contributed by atoms with E-state index < -0.39 is 0 Å². The average molecular weight is 321 g/mol. The highest BCUT2D eigenvalue weighted by molar-refractivity contribution is 7.09. The Morgan fingerprint density at radius 2 is 2.32 bits per heavy atom. The molecular weight excluding hydrogens is 302 g/mol. The minimum absolute atomic E-state index is 0.0447. The molecule has 0 aliphatic carbocycles. The molecule has 1 unspecified atom stereocenters. The maximum absolute atomic E-state index is 13.0. The molecule has 2 aromatic heterocycles. The smallest absolute Gasteiger partial charge is 0.260 e. The number of amides is 1. The van der Waals surface area contributed by atoms with Gasteiger partial charge >= 0.3 is 0 Å². The number of carbonyl (C=O) groups excluding carboxylic acids is 1. The third-order valence-corrected chi connectivity index (χ3v) is 4.86. The highest BCUT2D eigenvalue weighted by Crippen LogP contribution is 2.29. The Bertz CT molecular complexity index is 679. The SMILES string of the molecule is CCc1noc(C)c1C(=O)N1CCOCC1c1nc(C)cs1. The van der Waals surface area contributed by atoms with Crippen LogP contribution in [0.25, 0.3) is 0 Å². The lowest BCUT2D eigenvalue weighted by molar-refractivity contribution is -0.00291. The summed E-state index contributed by atoms with van der Waals surface area (Å²) in [6.07, 6.45) is 0.670. The molecule has 7 heteroatoms. The van der Waals surface area contributed by atoms with Crippen molar-refractivity contribution in [2.75, 3.05) is 19.8 Å². The number of morpholine rings is 1. The molecule has 3 heterocycles. The molecule has 1 saturated heterocycles. The molecule has 2 aromatic rings. The Hall–Kier alpha value is -1.73. The summed E-state index contributed by atoms with van der Waals surface area (Å²) >= 11 is 1.56. The van der Waals surface area contributed by atoms with E-state index >= 15 is 0 Å². The van der Waals surface area contributed by atoms with Crippen LogP contribution in [0.3, 0.4) is 0 Å².